The summed E-state index contributed by atoms with van der Waals surface area (Å²) in [7, 11) is 1.36. The fraction of sp³-hybridized carbons (Fsp3) is 0.500. The van der Waals surface area contributed by atoms with Crippen LogP contribution in [0.5, 0.6) is 0 Å². The summed E-state index contributed by atoms with van der Waals surface area (Å²) in [6.45, 7) is 4.03. The summed E-state index contributed by atoms with van der Waals surface area (Å²) in [5.74, 6) is -0.123. The number of halogens is 1. The number of hydrogen-bond acceptors (Lipinski definition) is 3. The van der Waals surface area contributed by atoms with Gasteiger partial charge in [-0.2, -0.15) is 5.10 Å². The van der Waals surface area contributed by atoms with Gasteiger partial charge in [-0.25, -0.2) is 4.79 Å². The van der Waals surface area contributed by atoms with Gasteiger partial charge >= 0.3 is 5.97 Å². The fourth-order valence-electron chi connectivity index (χ4n) is 1.11. The van der Waals surface area contributed by atoms with E-state index in [2.05, 4.69) is 37.5 Å². The van der Waals surface area contributed by atoms with Crippen LogP contribution in [0.4, 0.5) is 0 Å². The number of hydrogen-bond donors (Lipinski definition) is 1. The Morgan fingerprint density at radius 2 is 2.23 bits per heavy atom. The highest BCUT2D eigenvalue weighted by Gasteiger charge is 2.20. The molecule has 0 unspecified atom stereocenters. The number of ether oxygens (including phenoxy) is 1. The van der Waals surface area contributed by atoms with E-state index in [1.54, 1.807) is 0 Å². The summed E-state index contributed by atoms with van der Waals surface area (Å²) >= 11 is 2.12. The normalized spacial score (nSPS) is 10.5. The highest BCUT2D eigenvalue weighted by molar-refractivity contribution is 14.1. The molecule has 0 fully saturated rings. The van der Waals surface area contributed by atoms with Crippen LogP contribution in [-0.4, -0.2) is 23.3 Å². The largest absolute Gasteiger partial charge is 0.464 e. The van der Waals surface area contributed by atoms with E-state index in [0.29, 0.717) is 5.69 Å². The van der Waals surface area contributed by atoms with E-state index in [-0.39, 0.29) is 11.9 Å². The molecule has 1 heterocycles. The standard InChI is InChI=1S/C8H11IN2O2/c1-4(2)5-6(8(12)13-3)10-11-7(5)9/h4H,1-3H3,(H,10,11). The maximum Gasteiger partial charge on any atom is 0.358 e. The average molecular weight is 294 g/mol. The van der Waals surface area contributed by atoms with Crippen molar-refractivity contribution >= 4 is 28.6 Å². The number of nitrogens with zero attached hydrogens (tertiary/aromatic N) is 1. The van der Waals surface area contributed by atoms with Crippen LogP contribution in [0.15, 0.2) is 0 Å². The van der Waals surface area contributed by atoms with Crippen molar-refractivity contribution in [2.75, 3.05) is 7.11 Å². The van der Waals surface area contributed by atoms with Crippen LogP contribution < -0.4 is 0 Å². The number of carbonyl (C=O) groups excluding carboxylic acids is 1. The summed E-state index contributed by atoms with van der Waals surface area (Å²) in [6, 6.07) is 0. The molecule has 13 heavy (non-hydrogen) atoms. The second-order valence-electron chi connectivity index (χ2n) is 2.95. The highest BCUT2D eigenvalue weighted by Crippen LogP contribution is 2.23. The molecule has 1 aromatic rings. The van der Waals surface area contributed by atoms with Crippen molar-refractivity contribution in [3.05, 3.63) is 15.0 Å². The number of nitrogens with one attached hydrogen (secondary N) is 1. The van der Waals surface area contributed by atoms with Gasteiger partial charge in [-0.3, -0.25) is 5.10 Å². The van der Waals surface area contributed by atoms with Crippen LogP contribution >= 0.6 is 22.6 Å². The Morgan fingerprint density at radius 3 is 2.69 bits per heavy atom. The van der Waals surface area contributed by atoms with Crippen LogP contribution in [0.1, 0.15) is 35.8 Å². The maximum absolute atomic E-state index is 11.2. The van der Waals surface area contributed by atoms with Gasteiger partial charge in [-0.15, -0.1) is 0 Å². The van der Waals surface area contributed by atoms with E-state index in [0.717, 1.165) is 9.26 Å². The van der Waals surface area contributed by atoms with Gasteiger partial charge in [0.2, 0.25) is 0 Å². The zero-order valence-electron chi connectivity index (χ0n) is 7.72. The third-order valence-electron chi connectivity index (χ3n) is 1.71. The molecule has 0 atom stereocenters. The molecule has 0 aliphatic heterocycles. The lowest BCUT2D eigenvalue weighted by Gasteiger charge is -2.04. The first-order valence-corrected chi connectivity index (χ1v) is 4.97. The topological polar surface area (TPSA) is 55.0 Å². The first-order valence-electron chi connectivity index (χ1n) is 3.90. The van der Waals surface area contributed by atoms with Crippen LogP contribution in [0.25, 0.3) is 0 Å². The van der Waals surface area contributed by atoms with Crippen LogP contribution in [0.3, 0.4) is 0 Å². The molecule has 0 aromatic carbocycles. The number of methoxy groups -OCH3 is 1. The minimum atomic E-state index is -0.386. The number of rotatable bonds is 2. The Hall–Kier alpha value is -0.590. The number of esters is 1. The predicted octanol–water partition coefficient (Wildman–Crippen LogP) is 1.92. The number of H-pyrrole nitrogens is 1. The lowest BCUT2D eigenvalue weighted by molar-refractivity contribution is 0.0592. The molecule has 0 aliphatic carbocycles. The van der Waals surface area contributed by atoms with Gasteiger partial charge in [0.15, 0.2) is 5.69 Å². The number of aromatic nitrogens is 2. The van der Waals surface area contributed by atoms with Gasteiger partial charge in [-0.1, -0.05) is 13.8 Å². The molecule has 1 N–H and O–H groups in total. The fourth-order valence-corrected chi connectivity index (χ4v) is 2.11. The number of aromatic amines is 1. The van der Waals surface area contributed by atoms with E-state index >= 15 is 0 Å². The van der Waals surface area contributed by atoms with Crippen molar-refractivity contribution in [3.63, 3.8) is 0 Å². The third kappa shape index (κ3) is 2.01. The SMILES string of the molecule is COC(=O)c1n[nH]c(I)c1C(C)C. The Bertz CT molecular complexity index is 320. The minimum Gasteiger partial charge on any atom is -0.464 e. The molecule has 0 spiro atoms. The second kappa shape index (κ2) is 4.08. The van der Waals surface area contributed by atoms with Crippen LogP contribution in [0, 0.1) is 3.70 Å². The molecular formula is C8H11IN2O2. The summed E-state index contributed by atoms with van der Waals surface area (Å²) in [4.78, 5) is 11.2. The van der Waals surface area contributed by atoms with E-state index in [9.17, 15) is 4.79 Å². The summed E-state index contributed by atoms with van der Waals surface area (Å²) in [6.07, 6.45) is 0. The van der Waals surface area contributed by atoms with Gasteiger partial charge in [0.1, 0.15) is 3.70 Å². The lowest BCUT2D eigenvalue weighted by atomic mass is 10.0. The lowest BCUT2D eigenvalue weighted by Crippen LogP contribution is -2.06. The molecular weight excluding hydrogens is 283 g/mol. The van der Waals surface area contributed by atoms with E-state index in [4.69, 9.17) is 0 Å². The van der Waals surface area contributed by atoms with Crippen molar-refractivity contribution in [1.82, 2.24) is 10.2 Å². The zero-order chi connectivity index (χ0) is 10.0. The molecule has 0 saturated carbocycles. The molecule has 5 heteroatoms. The van der Waals surface area contributed by atoms with Crippen LogP contribution in [0.2, 0.25) is 0 Å². The van der Waals surface area contributed by atoms with Crippen LogP contribution in [-0.2, 0) is 4.74 Å². The van der Waals surface area contributed by atoms with Crippen molar-refractivity contribution in [2.45, 2.75) is 19.8 Å². The Morgan fingerprint density at radius 1 is 1.62 bits per heavy atom. The molecule has 0 amide bonds. The van der Waals surface area contributed by atoms with Gasteiger partial charge in [0, 0.05) is 5.56 Å². The monoisotopic (exact) mass is 294 g/mol. The molecule has 0 saturated heterocycles. The highest BCUT2D eigenvalue weighted by atomic mass is 127. The second-order valence-corrected chi connectivity index (χ2v) is 4.02. The Balaban J connectivity index is 3.15. The molecule has 1 aromatic heterocycles. The molecule has 0 bridgehead atoms. The average Bonchev–Trinajstić information content (AvgIpc) is 2.45. The van der Waals surface area contributed by atoms with Gasteiger partial charge < -0.3 is 4.74 Å². The smallest absolute Gasteiger partial charge is 0.358 e. The number of carbonyl (C=O) groups is 1. The quantitative estimate of drug-likeness (QED) is 0.670. The Kier molecular flexibility index (Phi) is 3.29. The molecule has 0 aliphatic rings. The summed E-state index contributed by atoms with van der Waals surface area (Å²) in [5, 5.41) is 6.67. The van der Waals surface area contributed by atoms with Crippen molar-refractivity contribution in [3.8, 4) is 0 Å². The maximum atomic E-state index is 11.2. The van der Waals surface area contributed by atoms with Crippen molar-refractivity contribution in [2.24, 2.45) is 0 Å². The predicted molar refractivity (Wildman–Crippen MR) is 56.7 cm³/mol. The summed E-state index contributed by atoms with van der Waals surface area (Å²) in [5.41, 5.74) is 1.31. The van der Waals surface area contributed by atoms with Gasteiger partial charge in [-0.05, 0) is 28.5 Å². The first kappa shape index (κ1) is 10.5. The molecule has 4 nitrogen and oxygen atoms in total. The van der Waals surface area contributed by atoms with Crippen molar-refractivity contribution in [1.29, 1.82) is 0 Å². The molecule has 1 rings (SSSR count). The van der Waals surface area contributed by atoms with Gasteiger partial charge in [0.25, 0.3) is 0 Å². The molecule has 0 radical (unpaired) electrons. The molecule has 72 valence electrons. The Labute approximate surface area is 90.2 Å². The van der Waals surface area contributed by atoms with Crippen molar-refractivity contribution < 1.29 is 9.53 Å². The van der Waals surface area contributed by atoms with E-state index in [1.807, 2.05) is 13.8 Å². The van der Waals surface area contributed by atoms with E-state index < -0.39 is 0 Å². The third-order valence-corrected chi connectivity index (χ3v) is 2.54. The zero-order valence-corrected chi connectivity index (χ0v) is 9.88. The summed E-state index contributed by atoms with van der Waals surface area (Å²) < 4.78 is 5.51. The van der Waals surface area contributed by atoms with Gasteiger partial charge in [0.05, 0.1) is 7.11 Å². The first-order chi connectivity index (χ1) is 6.07. The van der Waals surface area contributed by atoms with E-state index in [1.165, 1.54) is 7.11 Å². The minimum absolute atomic E-state index is 0.264.